The number of Topliss-reactive ketones (excluding diaryl/α,β-unsaturated/α-hetero) is 1. The Labute approximate surface area is 166 Å². The Hall–Kier alpha value is -1.74. The number of pyridine rings is 1. The van der Waals surface area contributed by atoms with Crippen molar-refractivity contribution in [3.8, 4) is 0 Å². The smallest absolute Gasteiger partial charge is 0.178 e. The lowest BCUT2D eigenvalue weighted by Gasteiger charge is -2.35. The third kappa shape index (κ3) is 4.24. The first-order valence-electron chi connectivity index (χ1n) is 8.60. The molecule has 8 heteroatoms. The van der Waals surface area contributed by atoms with Gasteiger partial charge in [-0.05, 0) is 36.1 Å². The maximum Gasteiger partial charge on any atom is 0.178 e. The number of ether oxygens (including phenoxy) is 2. The summed E-state index contributed by atoms with van der Waals surface area (Å²) in [5, 5.41) is 15.0. The van der Waals surface area contributed by atoms with Crippen molar-refractivity contribution in [2.24, 2.45) is 5.16 Å². The molecule has 0 amide bonds. The van der Waals surface area contributed by atoms with Crippen LogP contribution in [0.4, 0.5) is 0 Å². The van der Waals surface area contributed by atoms with Crippen LogP contribution in [-0.4, -0.2) is 42.0 Å². The van der Waals surface area contributed by atoms with Gasteiger partial charge in [0, 0.05) is 45.7 Å². The second-order valence-electron chi connectivity index (χ2n) is 6.35. The van der Waals surface area contributed by atoms with E-state index in [4.69, 9.17) is 14.7 Å². The summed E-state index contributed by atoms with van der Waals surface area (Å²) < 4.78 is 12.4. The van der Waals surface area contributed by atoms with Crippen LogP contribution in [0.15, 0.2) is 38.0 Å². The van der Waals surface area contributed by atoms with E-state index in [0.29, 0.717) is 30.2 Å². The van der Waals surface area contributed by atoms with Crippen LogP contribution in [0.3, 0.4) is 0 Å². The van der Waals surface area contributed by atoms with Crippen LogP contribution in [0, 0.1) is 0 Å². The Bertz CT molecular complexity index is 857. The molecule has 1 fully saturated rings. The van der Waals surface area contributed by atoms with Crippen LogP contribution in [-0.2, 0) is 15.1 Å². The van der Waals surface area contributed by atoms with E-state index in [1.165, 1.54) is 18.7 Å². The van der Waals surface area contributed by atoms with Crippen LogP contribution in [0.5, 0.6) is 0 Å². The van der Waals surface area contributed by atoms with Gasteiger partial charge in [-0.25, -0.2) is 4.98 Å². The highest BCUT2D eigenvalue weighted by atomic mass is 32.2. The molecule has 0 atom stereocenters. The number of ketones is 1. The molecule has 2 aromatic rings. The molecule has 1 aliphatic heterocycles. The summed E-state index contributed by atoms with van der Waals surface area (Å²) in [5.74, 6) is -0.164. The maximum atomic E-state index is 11.9. The van der Waals surface area contributed by atoms with Gasteiger partial charge >= 0.3 is 0 Å². The highest BCUT2D eigenvalue weighted by molar-refractivity contribution is 8.01. The summed E-state index contributed by atoms with van der Waals surface area (Å²) in [7, 11) is 1.75. The molecule has 0 aromatic carbocycles. The zero-order valence-electron chi connectivity index (χ0n) is 15.5. The number of aromatic nitrogens is 1. The third-order valence-electron chi connectivity index (χ3n) is 4.74. The van der Waals surface area contributed by atoms with Crippen molar-refractivity contribution in [2.75, 3.05) is 20.3 Å². The minimum absolute atomic E-state index is 0.164. The number of rotatable bonds is 6. The minimum atomic E-state index is -0.288. The number of oxime groups is 1. The lowest BCUT2D eigenvalue weighted by atomic mass is 9.88. The van der Waals surface area contributed by atoms with E-state index in [2.05, 4.69) is 21.6 Å². The molecule has 2 aromatic heterocycles. The third-order valence-corrected chi connectivity index (χ3v) is 6.76. The van der Waals surface area contributed by atoms with Gasteiger partial charge in [0.25, 0.3) is 0 Å². The van der Waals surface area contributed by atoms with Crippen molar-refractivity contribution in [1.29, 1.82) is 0 Å². The van der Waals surface area contributed by atoms with Crippen molar-refractivity contribution in [3.05, 3.63) is 40.4 Å². The highest BCUT2D eigenvalue weighted by Crippen LogP contribution is 2.41. The number of hydrogen-bond donors (Lipinski definition) is 1. The quantitative estimate of drug-likeness (QED) is 0.332. The summed E-state index contributed by atoms with van der Waals surface area (Å²) in [5.41, 5.74) is 2.09. The molecule has 1 saturated heterocycles. The molecular formula is C19H22N2O4S2. The van der Waals surface area contributed by atoms with Gasteiger partial charge in [0.2, 0.25) is 0 Å². The van der Waals surface area contributed by atoms with Crippen LogP contribution in [0.2, 0.25) is 0 Å². The summed E-state index contributed by atoms with van der Waals surface area (Å²) in [6, 6.07) is 5.74. The lowest BCUT2D eigenvalue weighted by molar-refractivity contribution is -0.0946. The fraction of sp³-hybridized carbons (Fsp3) is 0.421. The van der Waals surface area contributed by atoms with Crippen molar-refractivity contribution in [1.82, 2.24) is 4.98 Å². The first-order valence-corrected chi connectivity index (χ1v) is 10.3. The molecule has 3 rings (SSSR count). The Morgan fingerprint density at radius 2 is 2.11 bits per heavy atom. The normalized spacial score (nSPS) is 17.1. The van der Waals surface area contributed by atoms with Gasteiger partial charge in [0.1, 0.15) is 10.7 Å². The summed E-state index contributed by atoms with van der Waals surface area (Å²) in [4.78, 5) is 16.4. The predicted molar refractivity (Wildman–Crippen MR) is 105 cm³/mol. The standard InChI is InChI=1S/C19H22N2O4S2/c1-12(21-23)15-4-5-16(20-18(15)13(2)22)27-17-10-14(11-26-17)19(24-3)6-8-25-9-7-19/h4-5,10-11,23H,6-9H2,1-3H3/b21-12+. The van der Waals surface area contributed by atoms with Crippen molar-refractivity contribution < 1.29 is 19.5 Å². The first kappa shape index (κ1) is 20.0. The molecule has 1 N–H and O–H groups in total. The van der Waals surface area contributed by atoms with Crippen LogP contribution >= 0.6 is 23.1 Å². The molecule has 0 bridgehead atoms. The maximum absolute atomic E-state index is 11.9. The molecule has 0 radical (unpaired) electrons. The monoisotopic (exact) mass is 406 g/mol. The SMILES string of the molecule is COC1(c2csc(Sc3ccc(/C(C)=N/O)c(C(C)=O)n3)c2)CCOCC1. The van der Waals surface area contributed by atoms with E-state index in [0.717, 1.165) is 27.6 Å². The van der Waals surface area contributed by atoms with E-state index in [9.17, 15) is 4.79 Å². The van der Waals surface area contributed by atoms with Gasteiger partial charge in [0.05, 0.1) is 15.5 Å². The van der Waals surface area contributed by atoms with Gasteiger partial charge in [0.15, 0.2) is 5.78 Å². The Kier molecular flexibility index (Phi) is 6.31. The Morgan fingerprint density at radius 1 is 1.37 bits per heavy atom. The largest absolute Gasteiger partial charge is 0.411 e. The van der Waals surface area contributed by atoms with Gasteiger partial charge < -0.3 is 14.7 Å². The minimum Gasteiger partial charge on any atom is -0.411 e. The predicted octanol–water partition coefficient (Wildman–Crippen LogP) is 4.35. The molecule has 0 aliphatic carbocycles. The molecule has 144 valence electrons. The van der Waals surface area contributed by atoms with Crippen LogP contribution in [0.25, 0.3) is 0 Å². The molecule has 27 heavy (non-hydrogen) atoms. The van der Waals surface area contributed by atoms with E-state index < -0.39 is 0 Å². The average Bonchev–Trinajstić information content (AvgIpc) is 3.17. The van der Waals surface area contributed by atoms with Crippen molar-refractivity contribution >= 4 is 34.6 Å². The second-order valence-corrected chi connectivity index (χ2v) is 8.59. The van der Waals surface area contributed by atoms with Gasteiger partial charge in [-0.1, -0.05) is 16.9 Å². The summed E-state index contributed by atoms with van der Waals surface area (Å²) in [6.07, 6.45) is 1.68. The van der Waals surface area contributed by atoms with Crippen LogP contribution < -0.4 is 0 Å². The van der Waals surface area contributed by atoms with Crippen molar-refractivity contribution in [2.45, 2.75) is 41.5 Å². The van der Waals surface area contributed by atoms with E-state index in [1.54, 1.807) is 31.4 Å². The lowest BCUT2D eigenvalue weighted by Crippen LogP contribution is -2.35. The van der Waals surface area contributed by atoms with Crippen LogP contribution in [0.1, 0.15) is 48.3 Å². The Balaban J connectivity index is 1.85. The number of carbonyl (C=O) groups excluding carboxylic acids is 1. The first-order chi connectivity index (χ1) is 13.0. The molecule has 3 heterocycles. The highest BCUT2D eigenvalue weighted by Gasteiger charge is 2.35. The topological polar surface area (TPSA) is 81.0 Å². The van der Waals surface area contributed by atoms with E-state index >= 15 is 0 Å². The number of nitrogens with zero attached hydrogens (tertiary/aromatic N) is 2. The van der Waals surface area contributed by atoms with Crippen molar-refractivity contribution in [3.63, 3.8) is 0 Å². The van der Waals surface area contributed by atoms with Gasteiger partial charge in [-0.3, -0.25) is 4.79 Å². The zero-order valence-corrected chi connectivity index (χ0v) is 17.2. The molecule has 0 spiro atoms. The number of carbonyl (C=O) groups is 1. The Morgan fingerprint density at radius 3 is 2.74 bits per heavy atom. The molecular weight excluding hydrogens is 384 g/mol. The van der Waals surface area contributed by atoms with Gasteiger partial charge in [-0.2, -0.15) is 0 Å². The fourth-order valence-corrected chi connectivity index (χ4v) is 5.12. The zero-order chi connectivity index (χ0) is 19.4. The van der Waals surface area contributed by atoms with E-state index in [1.807, 2.05) is 6.07 Å². The summed E-state index contributed by atoms with van der Waals surface area (Å²) >= 11 is 3.14. The number of hydrogen-bond acceptors (Lipinski definition) is 8. The molecule has 6 nitrogen and oxygen atoms in total. The summed E-state index contributed by atoms with van der Waals surface area (Å²) in [6.45, 7) is 4.49. The second kappa shape index (κ2) is 8.52. The average molecular weight is 407 g/mol. The molecule has 0 saturated carbocycles. The number of thiophene rings is 1. The number of methoxy groups -OCH3 is 1. The molecule has 1 aliphatic rings. The fourth-order valence-electron chi connectivity index (χ4n) is 3.14. The molecule has 0 unspecified atom stereocenters. The van der Waals surface area contributed by atoms with E-state index in [-0.39, 0.29) is 11.4 Å². The van der Waals surface area contributed by atoms with Gasteiger partial charge in [-0.15, -0.1) is 11.3 Å².